The number of rotatable bonds is 4. The first-order valence-electron chi connectivity index (χ1n) is 4.87. The molecule has 0 heterocycles. The summed E-state index contributed by atoms with van der Waals surface area (Å²) in [5, 5.41) is 0. The van der Waals surface area contributed by atoms with E-state index in [1.807, 2.05) is 0 Å². The van der Waals surface area contributed by atoms with Gasteiger partial charge in [0.2, 0.25) is 0 Å². The fourth-order valence-corrected chi connectivity index (χ4v) is 1.21. The third kappa shape index (κ3) is 3.97. The van der Waals surface area contributed by atoms with Crippen LogP contribution in [-0.2, 0) is 0 Å². The van der Waals surface area contributed by atoms with Gasteiger partial charge in [-0.15, -0.1) is 13.2 Å². The number of benzene rings is 1. The Kier molecular flexibility index (Phi) is 3.98. The maximum Gasteiger partial charge on any atom is 0.573 e. The average Bonchev–Trinajstić information content (AvgIpc) is 2.18. The molecule has 0 atom stereocenters. The zero-order valence-electron chi connectivity index (χ0n) is 9.30. The smallest absolute Gasteiger partial charge is 0.490 e. The third-order valence-corrected chi connectivity index (χ3v) is 1.88. The highest BCUT2D eigenvalue weighted by Crippen LogP contribution is 2.33. The molecule has 3 nitrogen and oxygen atoms in total. The minimum Gasteiger partial charge on any atom is -0.490 e. The SMILES string of the molecule is CCOc1ccc(C(C)=O)cc1OC(F)(F)F. The van der Waals surface area contributed by atoms with E-state index in [9.17, 15) is 18.0 Å². The van der Waals surface area contributed by atoms with Gasteiger partial charge < -0.3 is 9.47 Å². The van der Waals surface area contributed by atoms with Crippen molar-refractivity contribution < 1.29 is 27.4 Å². The number of carbonyl (C=O) groups is 1. The lowest BCUT2D eigenvalue weighted by Crippen LogP contribution is -2.18. The van der Waals surface area contributed by atoms with E-state index in [4.69, 9.17) is 4.74 Å². The van der Waals surface area contributed by atoms with E-state index < -0.39 is 12.1 Å². The van der Waals surface area contributed by atoms with Crippen LogP contribution in [0.25, 0.3) is 0 Å². The molecule has 0 aromatic heterocycles. The molecule has 0 saturated carbocycles. The van der Waals surface area contributed by atoms with Crippen LogP contribution in [0.4, 0.5) is 13.2 Å². The van der Waals surface area contributed by atoms with Crippen LogP contribution in [0.15, 0.2) is 18.2 Å². The zero-order chi connectivity index (χ0) is 13.1. The van der Waals surface area contributed by atoms with Crippen LogP contribution < -0.4 is 9.47 Å². The van der Waals surface area contributed by atoms with Gasteiger partial charge in [-0.05, 0) is 32.0 Å². The number of ketones is 1. The first-order valence-corrected chi connectivity index (χ1v) is 4.87. The molecule has 0 saturated heterocycles. The Morgan fingerprint density at radius 3 is 2.41 bits per heavy atom. The van der Waals surface area contributed by atoms with Crippen molar-refractivity contribution in [3.8, 4) is 11.5 Å². The van der Waals surface area contributed by atoms with Crippen LogP contribution >= 0.6 is 0 Å². The molecule has 94 valence electrons. The van der Waals surface area contributed by atoms with E-state index in [0.717, 1.165) is 6.07 Å². The van der Waals surface area contributed by atoms with E-state index in [1.165, 1.54) is 19.1 Å². The molecule has 0 aliphatic carbocycles. The first kappa shape index (κ1) is 13.3. The van der Waals surface area contributed by atoms with Crippen molar-refractivity contribution in [2.45, 2.75) is 20.2 Å². The number of hydrogen-bond donors (Lipinski definition) is 0. The maximum atomic E-state index is 12.1. The highest BCUT2D eigenvalue weighted by molar-refractivity contribution is 5.94. The van der Waals surface area contributed by atoms with E-state index in [0.29, 0.717) is 0 Å². The fourth-order valence-electron chi connectivity index (χ4n) is 1.21. The summed E-state index contributed by atoms with van der Waals surface area (Å²) < 4.78 is 45.2. The molecule has 1 aromatic rings. The predicted molar refractivity (Wildman–Crippen MR) is 54.3 cm³/mol. The highest BCUT2D eigenvalue weighted by atomic mass is 19.4. The average molecular weight is 248 g/mol. The fraction of sp³-hybridized carbons (Fsp3) is 0.364. The molecule has 0 bridgehead atoms. The molecule has 6 heteroatoms. The first-order chi connectivity index (χ1) is 7.83. The Balaban J connectivity index is 3.11. The molecule has 0 spiro atoms. The van der Waals surface area contributed by atoms with Gasteiger partial charge in [0, 0.05) is 5.56 Å². The molecule has 0 fully saturated rings. The largest absolute Gasteiger partial charge is 0.573 e. The van der Waals surface area contributed by atoms with Gasteiger partial charge in [0.1, 0.15) is 0 Å². The second-order valence-corrected chi connectivity index (χ2v) is 3.20. The predicted octanol–water partition coefficient (Wildman–Crippen LogP) is 3.19. The molecular weight excluding hydrogens is 237 g/mol. The summed E-state index contributed by atoms with van der Waals surface area (Å²) in [6.07, 6.45) is -4.82. The van der Waals surface area contributed by atoms with Crippen LogP contribution in [0.1, 0.15) is 24.2 Å². The van der Waals surface area contributed by atoms with Gasteiger partial charge in [-0.1, -0.05) is 0 Å². The second kappa shape index (κ2) is 5.07. The second-order valence-electron chi connectivity index (χ2n) is 3.20. The molecule has 0 radical (unpaired) electrons. The molecular formula is C11H11F3O3. The molecule has 0 aliphatic rings. The van der Waals surface area contributed by atoms with E-state index in [2.05, 4.69) is 4.74 Å². The number of Topliss-reactive ketones (excluding diaryl/α,β-unsaturated/α-hetero) is 1. The Hall–Kier alpha value is -1.72. The van der Waals surface area contributed by atoms with Crippen LogP contribution in [0.3, 0.4) is 0 Å². The highest BCUT2D eigenvalue weighted by Gasteiger charge is 2.32. The van der Waals surface area contributed by atoms with Gasteiger partial charge in [0.15, 0.2) is 17.3 Å². The molecule has 1 aromatic carbocycles. The van der Waals surface area contributed by atoms with E-state index in [1.54, 1.807) is 6.92 Å². The Labute approximate surface area is 96.1 Å². The van der Waals surface area contributed by atoms with Gasteiger partial charge in [-0.3, -0.25) is 4.79 Å². The zero-order valence-corrected chi connectivity index (χ0v) is 9.30. The van der Waals surface area contributed by atoms with Crippen molar-refractivity contribution in [1.82, 2.24) is 0 Å². The quantitative estimate of drug-likeness (QED) is 0.767. The summed E-state index contributed by atoms with van der Waals surface area (Å²) in [5.41, 5.74) is 0.132. The molecule has 0 unspecified atom stereocenters. The summed E-state index contributed by atoms with van der Waals surface area (Å²) in [6, 6.07) is 3.68. The molecule has 1 rings (SSSR count). The maximum absolute atomic E-state index is 12.1. The molecule has 0 N–H and O–H groups in total. The minimum atomic E-state index is -4.82. The summed E-state index contributed by atoms with van der Waals surface area (Å²) in [5.74, 6) is -0.901. The molecule has 0 aliphatic heterocycles. The summed E-state index contributed by atoms with van der Waals surface area (Å²) in [4.78, 5) is 11.1. The Morgan fingerprint density at radius 1 is 1.29 bits per heavy atom. The van der Waals surface area contributed by atoms with Crippen molar-refractivity contribution in [1.29, 1.82) is 0 Å². The number of hydrogen-bond acceptors (Lipinski definition) is 3. The standard InChI is InChI=1S/C11H11F3O3/c1-3-16-9-5-4-8(7(2)15)6-10(9)17-11(12,13)14/h4-6H,3H2,1-2H3. The topological polar surface area (TPSA) is 35.5 Å². The van der Waals surface area contributed by atoms with Crippen molar-refractivity contribution in [2.24, 2.45) is 0 Å². The number of carbonyl (C=O) groups excluding carboxylic acids is 1. The number of ether oxygens (including phenoxy) is 2. The van der Waals surface area contributed by atoms with Gasteiger partial charge >= 0.3 is 6.36 Å². The lowest BCUT2D eigenvalue weighted by molar-refractivity contribution is -0.275. The van der Waals surface area contributed by atoms with Gasteiger partial charge in [0.05, 0.1) is 6.61 Å². The van der Waals surface area contributed by atoms with Crippen LogP contribution in [-0.4, -0.2) is 18.8 Å². The summed E-state index contributed by atoms with van der Waals surface area (Å²) in [7, 11) is 0. The monoisotopic (exact) mass is 248 g/mol. The van der Waals surface area contributed by atoms with Gasteiger partial charge in [0.25, 0.3) is 0 Å². The normalized spacial score (nSPS) is 11.1. The minimum absolute atomic E-state index is 0.0465. The van der Waals surface area contributed by atoms with E-state index >= 15 is 0 Å². The van der Waals surface area contributed by atoms with Crippen molar-refractivity contribution >= 4 is 5.78 Å². The molecule has 0 amide bonds. The summed E-state index contributed by atoms with van der Waals surface area (Å²) >= 11 is 0. The Morgan fingerprint density at radius 2 is 1.94 bits per heavy atom. The van der Waals surface area contributed by atoms with Crippen LogP contribution in [0.5, 0.6) is 11.5 Å². The van der Waals surface area contributed by atoms with Gasteiger partial charge in [-0.2, -0.15) is 0 Å². The van der Waals surface area contributed by atoms with Crippen molar-refractivity contribution in [3.05, 3.63) is 23.8 Å². The number of alkyl halides is 3. The lowest BCUT2D eigenvalue weighted by Gasteiger charge is -2.14. The van der Waals surface area contributed by atoms with Gasteiger partial charge in [-0.25, -0.2) is 0 Å². The number of halogens is 3. The molecule has 17 heavy (non-hydrogen) atoms. The lowest BCUT2D eigenvalue weighted by atomic mass is 10.1. The van der Waals surface area contributed by atoms with Crippen LogP contribution in [0, 0.1) is 0 Å². The van der Waals surface area contributed by atoms with Crippen molar-refractivity contribution in [2.75, 3.05) is 6.61 Å². The summed E-state index contributed by atoms with van der Waals surface area (Å²) in [6.45, 7) is 3.09. The van der Waals surface area contributed by atoms with Crippen molar-refractivity contribution in [3.63, 3.8) is 0 Å². The third-order valence-electron chi connectivity index (χ3n) is 1.88. The Bertz CT molecular complexity index is 413. The van der Waals surface area contributed by atoms with E-state index in [-0.39, 0.29) is 23.7 Å². The van der Waals surface area contributed by atoms with Crippen LogP contribution in [0.2, 0.25) is 0 Å².